The summed E-state index contributed by atoms with van der Waals surface area (Å²) in [5.74, 6) is -1.62. The Balaban J connectivity index is 3.06. The minimum absolute atomic E-state index is 0.200. The van der Waals surface area contributed by atoms with Crippen LogP contribution in [0.2, 0.25) is 0 Å². The lowest BCUT2D eigenvalue weighted by Crippen LogP contribution is -2.10. The molecule has 0 saturated carbocycles. The Hall–Kier alpha value is -2.81. The number of nitriles is 1. The van der Waals surface area contributed by atoms with Crippen molar-refractivity contribution in [3.05, 3.63) is 35.4 Å². The van der Waals surface area contributed by atoms with Crippen LogP contribution < -0.4 is 4.74 Å². The fraction of sp³-hybridized carbons (Fsp3) is 0.154. The zero-order valence-corrected chi connectivity index (χ0v) is 10.1. The van der Waals surface area contributed by atoms with E-state index in [2.05, 4.69) is 4.74 Å². The number of hydrogen-bond acceptors (Lipinski definition) is 5. The van der Waals surface area contributed by atoms with Gasteiger partial charge in [0, 0.05) is 5.56 Å². The molecule has 0 bridgehead atoms. The maximum atomic E-state index is 11.3. The van der Waals surface area contributed by atoms with Crippen molar-refractivity contribution in [2.45, 2.75) is 0 Å². The van der Waals surface area contributed by atoms with E-state index < -0.39 is 18.5 Å². The van der Waals surface area contributed by atoms with Gasteiger partial charge < -0.3 is 14.6 Å². The van der Waals surface area contributed by atoms with Crippen LogP contribution in [0, 0.1) is 11.3 Å². The smallest absolute Gasteiger partial charge is 0.348 e. The Morgan fingerprint density at radius 1 is 1.42 bits per heavy atom. The van der Waals surface area contributed by atoms with Gasteiger partial charge in [0.2, 0.25) is 0 Å². The molecule has 0 aliphatic heterocycles. The average molecular weight is 261 g/mol. The number of carboxylic acids is 1. The lowest BCUT2D eigenvalue weighted by atomic mass is 10.1. The Morgan fingerprint density at radius 3 is 2.68 bits per heavy atom. The van der Waals surface area contributed by atoms with E-state index in [1.54, 1.807) is 30.3 Å². The largest absolute Gasteiger partial charge is 0.481 e. The lowest BCUT2D eigenvalue weighted by molar-refractivity contribution is -0.139. The maximum absolute atomic E-state index is 11.3. The third-order valence-corrected chi connectivity index (χ3v) is 2.10. The molecule has 0 amide bonds. The van der Waals surface area contributed by atoms with Gasteiger partial charge in [-0.1, -0.05) is 18.2 Å². The first-order valence-electron chi connectivity index (χ1n) is 5.22. The van der Waals surface area contributed by atoms with E-state index in [4.69, 9.17) is 15.1 Å². The monoisotopic (exact) mass is 261 g/mol. The van der Waals surface area contributed by atoms with Crippen LogP contribution in [0.4, 0.5) is 0 Å². The first-order chi connectivity index (χ1) is 9.08. The van der Waals surface area contributed by atoms with Gasteiger partial charge in [-0.05, 0) is 12.1 Å². The van der Waals surface area contributed by atoms with E-state index in [0.29, 0.717) is 5.56 Å². The molecule has 0 saturated heterocycles. The summed E-state index contributed by atoms with van der Waals surface area (Å²) in [5.41, 5.74) is 0.222. The lowest BCUT2D eigenvalue weighted by Gasteiger charge is -2.07. The van der Waals surface area contributed by atoms with Crippen molar-refractivity contribution in [1.29, 1.82) is 5.26 Å². The highest BCUT2D eigenvalue weighted by Crippen LogP contribution is 2.21. The highest BCUT2D eigenvalue weighted by molar-refractivity contribution is 5.98. The Kier molecular flexibility index (Phi) is 5.11. The molecule has 6 heteroatoms. The number of rotatable bonds is 5. The van der Waals surface area contributed by atoms with E-state index in [9.17, 15) is 9.59 Å². The molecule has 19 heavy (non-hydrogen) atoms. The minimum Gasteiger partial charge on any atom is -0.481 e. The number of carboxylic acid groups (broad SMARTS) is 1. The van der Waals surface area contributed by atoms with Gasteiger partial charge >= 0.3 is 11.9 Å². The number of carbonyl (C=O) groups excluding carboxylic acids is 1. The van der Waals surface area contributed by atoms with Crippen molar-refractivity contribution in [2.75, 3.05) is 13.7 Å². The van der Waals surface area contributed by atoms with Gasteiger partial charge in [-0.3, -0.25) is 0 Å². The molecular formula is C13H11NO5. The fourth-order valence-electron chi connectivity index (χ4n) is 1.27. The second kappa shape index (κ2) is 6.81. The van der Waals surface area contributed by atoms with Crippen LogP contribution >= 0.6 is 0 Å². The SMILES string of the molecule is COC(=O)/C(C#N)=C/c1ccccc1OCC(=O)O. The predicted octanol–water partition coefficient (Wildman–Crippen LogP) is 1.23. The van der Waals surface area contributed by atoms with Crippen molar-refractivity contribution in [3.63, 3.8) is 0 Å². The Bertz CT molecular complexity index is 556. The molecule has 0 heterocycles. The van der Waals surface area contributed by atoms with E-state index >= 15 is 0 Å². The third kappa shape index (κ3) is 4.16. The number of esters is 1. The Morgan fingerprint density at radius 2 is 2.11 bits per heavy atom. The summed E-state index contributed by atoms with van der Waals surface area (Å²) in [5, 5.41) is 17.4. The van der Waals surface area contributed by atoms with E-state index in [0.717, 1.165) is 0 Å². The molecule has 0 spiro atoms. The summed E-state index contributed by atoms with van der Waals surface area (Å²) in [6, 6.07) is 8.17. The quantitative estimate of drug-likeness (QED) is 0.486. The fourth-order valence-corrected chi connectivity index (χ4v) is 1.27. The van der Waals surface area contributed by atoms with Crippen LogP contribution in [0.5, 0.6) is 5.75 Å². The normalized spacial score (nSPS) is 10.4. The standard InChI is InChI=1S/C13H11NO5/c1-18-13(17)10(7-14)6-9-4-2-3-5-11(9)19-8-12(15)16/h2-6H,8H2,1H3,(H,15,16)/b10-6+. The Labute approximate surface area is 109 Å². The second-order valence-corrected chi connectivity index (χ2v) is 3.38. The first-order valence-corrected chi connectivity index (χ1v) is 5.22. The van der Waals surface area contributed by atoms with Crippen molar-refractivity contribution >= 4 is 18.0 Å². The molecular weight excluding hydrogens is 250 g/mol. The van der Waals surface area contributed by atoms with E-state index in [1.165, 1.54) is 13.2 Å². The summed E-state index contributed by atoms with van der Waals surface area (Å²) in [6.45, 7) is -0.509. The van der Waals surface area contributed by atoms with Crippen LogP contribution in [0.3, 0.4) is 0 Å². The molecule has 0 unspecified atom stereocenters. The van der Waals surface area contributed by atoms with Crippen LogP contribution in [-0.4, -0.2) is 30.8 Å². The van der Waals surface area contributed by atoms with Gasteiger partial charge in [-0.2, -0.15) is 5.26 Å². The molecule has 98 valence electrons. The van der Waals surface area contributed by atoms with Gasteiger partial charge in [0.05, 0.1) is 7.11 Å². The van der Waals surface area contributed by atoms with Crippen LogP contribution in [0.15, 0.2) is 29.8 Å². The summed E-state index contributed by atoms with van der Waals surface area (Å²) < 4.78 is 9.50. The van der Waals surface area contributed by atoms with Crippen molar-refractivity contribution in [2.24, 2.45) is 0 Å². The van der Waals surface area contributed by atoms with Crippen molar-refractivity contribution in [3.8, 4) is 11.8 Å². The molecule has 0 fully saturated rings. The molecule has 0 aromatic heterocycles. The number of aliphatic carboxylic acids is 1. The summed E-state index contributed by atoms with van der Waals surface area (Å²) in [6.07, 6.45) is 1.28. The third-order valence-electron chi connectivity index (χ3n) is 2.10. The van der Waals surface area contributed by atoms with Gasteiger partial charge in [-0.25, -0.2) is 9.59 Å². The topological polar surface area (TPSA) is 96.6 Å². The molecule has 0 aliphatic rings. The van der Waals surface area contributed by atoms with E-state index in [-0.39, 0.29) is 11.3 Å². The van der Waals surface area contributed by atoms with Gasteiger partial charge in [-0.15, -0.1) is 0 Å². The number of methoxy groups -OCH3 is 1. The number of ether oxygens (including phenoxy) is 2. The van der Waals surface area contributed by atoms with Crippen LogP contribution in [0.1, 0.15) is 5.56 Å². The predicted molar refractivity (Wildman–Crippen MR) is 65.2 cm³/mol. The van der Waals surface area contributed by atoms with Gasteiger partial charge in [0.15, 0.2) is 6.61 Å². The van der Waals surface area contributed by atoms with Gasteiger partial charge in [0.25, 0.3) is 0 Å². The molecule has 0 aliphatic carbocycles. The highest BCUT2D eigenvalue weighted by Gasteiger charge is 2.11. The van der Waals surface area contributed by atoms with Crippen LogP contribution in [-0.2, 0) is 14.3 Å². The zero-order valence-electron chi connectivity index (χ0n) is 10.1. The van der Waals surface area contributed by atoms with Crippen molar-refractivity contribution in [1.82, 2.24) is 0 Å². The molecule has 0 radical (unpaired) electrons. The summed E-state index contributed by atoms with van der Waals surface area (Å²) in [4.78, 5) is 21.7. The number of nitrogens with zero attached hydrogens (tertiary/aromatic N) is 1. The molecule has 1 aromatic carbocycles. The minimum atomic E-state index is -1.12. The molecule has 1 aromatic rings. The van der Waals surface area contributed by atoms with Crippen LogP contribution in [0.25, 0.3) is 6.08 Å². The van der Waals surface area contributed by atoms with Gasteiger partial charge in [0.1, 0.15) is 17.4 Å². The number of para-hydroxylation sites is 1. The first kappa shape index (κ1) is 14.3. The summed E-state index contributed by atoms with van der Waals surface area (Å²) >= 11 is 0. The second-order valence-electron chi connectivity index (χ2n) is 3.38. The number of hydrogen-bond donors (Lipinski definition) is 1. The molecule has 1 rings (SSSR count). The van der Waals surface area contributed by atoms with Crippen molar-refractivity contribution < 1.29 is 24.2 Å². The number of benzene rings is 1. The highest BCUT2D eigenvalue weighted by atomic mass is 16.5. The zero-order chi connectivity index (χ0) is 14.3. The maximum Gasteiger partial charge on any atom is 0.348 e. The molecule has 1 N–H and O–H groups in total. The molecule has 6 nitrogen and oxygen atoms in total. The number of carbonyl (C=O) groups is 2. The van der Waals surface area contributed by atoms with E-state index in [1.807, 2.05) is 0 Å². The summed E-state index contributed by atoms with van der Waals surface area (Å²) in [7, 11) is 1.17. The average Bonchev–Trinajstić information content (AvgIpc) is 2.42. The molecule has 0 atom stereocenters.